The number of methoxy groups -OCH3 is 1. The molecule has 0 aliphatic heterocycles. The molecule has 0 radical (unpaired) electrons. The van der Waals surface area contributed by atoms with Crippen molar-refractivity contribution in [2.75, 3.05) is 13.7 Å². The highest BCUT2D eigenvalue weighted by Crippen LogP contribution is 1.81. The first-order valence-corrected chi connectivity index (χ1v) is 2.24. The lowest BCUT2D eigenvalue weighted by Gasteiger charge is -1.83. The Bertz CT molecular complexity index is 52.8. The normalized spacial score (nSPS) is 8.33. The van der Waals surface area contributed by atoms with Crippen molar-refractivity contribution < 1.29 is 9.53 Å². The first-order chi connectivity index (χ1) is 2.77. The van der Waals surface area contributed by atoms with E-state index in [1.54, 1.807) is 0 Å². The van der Waals surface area contributed by atoms with Gasteiger partial charge in [0.1, 0.15) is 6.61 Å². The van der Waals surface area contributed by atoms with Crippen LogP contribution in [-0.4, -0.2) is 18.4 Å². The van der Waals surface area contributed by atoms with Gasteiger partial charge in [-0.2, -0.15) is 0 Å². The van der Waals surface area contributed by atoms with Crippen LogP contribution in [-0.2, 0) is 9.53 Å². The molecule has 0 unspecified atom stereocenters. The van der Waals surface area contributed by atoms with Crippen molar-refractivity contribution in [3.05, 3.63) is 0 Å². The second-order valence-corrected chi connectivity index (χ2v) is 1.67. The zero-order valence-electron chi connectivity index (χ0n) is 3.40. The quantitative estimate of drug-likeness (QED) is 0.541. The molecule has 0 aliphatic carbocycles. The molecule has 0 bridgehead atoms. The Balaban J connectivity index is 2.83. The summed E-state index contributed by atoms with van der Waals surface area (Å²) in [5.41, 5.74) is 0. The fourth-order valence-corrected chi connectivity index (χ4v) is 0.342. The second kappa shape index (κ2) is 3.31. The highest BCUT2D eigenvalue weighted by molar-refractivity contribution is 9.18. The minimum absolute atomic E-state index is 0.120. The zero-order chi connectivity index (χ0) is 4.99. The first-order valence-electron chi connectivity index (χ1n) is 1.44. The molecule has 0 fully saturated rings. The van der Waals surface area contributed by atoms with Crippen LogP contribution in [0.2, 0.25) is 0 Å². The standard InChI is InChI=1S/C3H5BrO2/c1-6-2-3(4)5/h2H2,1H3. The molecular formula is C3H5BrO2. The fraction of sp³-hybridized carbons (Fsp3) is 0.667. The van der Waals surface area contributed by atoms with Crippen LogP contribution in [0, 0.1) is 0 Å². The summed E-state index contributed by atoms with van der Waals surface area (Å²) in [5, 5.41) is 0. The summed E-state index contributed by atoms with van der Waals surface area (Å²) in [5.74, 6) is 0. The van der Waals surface area contributed by atoms with E-state index < -0.39 is 0 Å². The molecule has 0 atom stereocenters. The predicted octanol–water partition coefficient (Wildman–Crippen LogP) is 0.554. The first kappa shape index (κ1) is 6.11. The Hall–Kier alpha value is 0.110. The van der Waals surface area contributed by atoms with E-state index in [4.69, 9.17) is 0 Å². The number of hydrogen-bond acceptors (Lipinski definition) is 2. The minimum Gasteiger partial charge on any atom is -0.376 e. The molecule has 0 amide bonds. The van der Waals surface area contributed by atoms with E-state index in [1.165, 1.54) is 7.11 Å². The Labute approximate surface area is 44.6 Å². The van der Waals surface area contributed by atoms with Gasteiger partial charge in [0.2, 0.25) is 4.69 Å². The van der Waals surface area contributed by atoms with Crippen molar-refractivity contribution in [1.29, 1.82) is 0 Å². The lowest BCUT2D eigenvalue weighted by Crippen LogP contribution is -1.94. The summed E-state index contributed by atoms with van der Waals surface area (Å²) in [6.45, 7) is 0.153. The number of hydrogen-bond donors (Lipinski definition) is 0. The Morgan fingerprint density at radius 2 is 2.50 bits per heavy atom. The monoisotopic (exact) mass is 152 g/mol. The van der Waals surface area contributed by atoms with Crippen molar-refractivity contribution in [3.8, 4) is 0 Å². The van der Waals surface area contributed by atoms with Crippen LogP contribution in [0.5, 0.6) is 0 Å². The second-order valence-electron chi connectivity index (χ2n) is 0.788. The number of carbonyl (C=O) groups excluding carboxylic acids is 1. The van der Waals surface area contributed by atoms with Crippen LogP contribution in [0.15, 0.2) is 0 Å². The van der Waals surface area contributed by atoms with Gasteiger partial charge >= 0.3 is 0 Å². The van der Waals surface area contributed by atoms with Crippen LogP contribution >= 0.6 is 15.9 Å². The van der Waals surface area contributed by atoms with Crippen LogP contribution in [0.4, 0.5) is 0 Å². The van der Waals surface area contributed by atoms with Crippen molar-refractivity contribution in [2.45, 2.75) is 0 Å². The maximum Gasteiger partial charge on any atom is 0.223 e. The topological polar surface area (TPSA) is 26.3 Å². The Morgan fingerprint density at radius 3 is 2.50 bits per heavy atom. The van der Waals surface area contributed by atoms with Crippen molar-refractivity contribution in [2.24, 2.45) is 0 Å². The van der Waals surface area contributed by atoms with Gasteiger partial charge in [0.15, 0.2) is 0 Å². The Kier molecular flexibility index (Phi) is 3.37. The van der Waals surface area contributed by atoms with Crippen LogP contribution in [0.25, 0.3) is 0 Å². The van der Waals surface area contributed by atoms with E-state index in [-0.39, 0.29) is 11.3 Å². The minimum atomic E-state index is -0.120. The molecule has 0 spiro atoms. The average Bonchev–Trinajstić information content (AvgIpc) is 1.35. The molecule has 0 aromatic rings. The van der Waals surface area contributed by atoms with E-state index in [0.717, 1.165) is 0 Å². The molecule has 0 saturated heterocycles. The molecular weight excluding hydrogens is 148 g/mol. The van der Waals surface area contributed by atoms with Crippen LogP contribution in [0.1, 0.15) is 0 Å². The summed E-state index contributed by atoms with van der Waals surface area (Å²) in [6, 6.07) is 0. The van der Waals surface area contributed by atoms with Gasteiger partial charge in [0.25, 0.3) is 0 Å². The molecule has 0 saturated carbocycles. The van der Waals surface area contributed by atoms with Crippen molar-refractivity contribution in [1.82, 2.24) is 0 Å². The fourth-order valence-electron chi connectivity index (χ4n) is 0.113. The average molecular weight is 153 g/mol. The molecule has 6 heavy (non-hydrogen) atoms. The van der Waals surface area contributed by atoms with Gasteiger partial charge in [0.05, 0.1) is 0 Å². The smallest absolute Gasteiger partial charge is 0.223 e. The Morgan fingerprint density at radius 1 is 2.00 bits per heavy atom. The van der Waals surface area contributed by atoms with Gasteiger partial charge in [-0.15, -0.1) is 0 Å². The molecule has 0 rings (SSSR count). The number of carbonyl (C=O) groups is 1. The largest absolute Gasteiger partial charge is 0.376 e. The third kappa shape index (κ3) is 4.11. The van der Waals surface area contributed by atoms with Crippen molar-refractivity contribution >= 4 is 20.6 Å². The van der Waals surface area contributed by atoms with E-state index in [0.29, 0.717) is 0 Å². The molecule has 2 nitrogen and oxygen atoms in total. The van der Waals surface area contributed by atoms with E-state index >= 15 is 0 Å². The lowest BCUT2D eigenvalue weighted by molar-refractivity contribution is -0.113. The van der Waals surface area contributed by atoms with Gasteiger partial charge in [-0.1, -0.05) is 0 Å². The molecule has 0 aromatic heterocycles. The van der Waals surface area contributed by atoms with Crippen LogP contribution < -0.4 is 0 Å². The maximum atomic E-state index is 9.84. The third-order valence-corrected chi connectivity index (χ3v) is 0.487. The van der Waals surface area contributed by atoms with Gasteiger partial charge in [-0.25, -0.2) is 0 Å². The SMILES string of the molecule is COCC(=O)Br. The van der Waals surface area contributed by atoms with Gasteiger partial charge in [0, 0.05) is 7.11 Å². The molecule has 0 aliphatic rings. The summed E-state index contributed by atoms with van der Waals surface area (Å²) in [6.07, 6.45) is 0. The van der Waals surface area contributed by atoms with Crippen LogP contribution in [0.3, 0.4) is 0 Å². The highest BCUT2D eigenvalue weighted by Gasteiger charge is 1.86. The zero-order valence-corrected chi connectivity index (χ0v) is 4.99. The summed E-state index contributed by atoms with van der Waals surface area (Å²) >= 11 is 2.67. The van der Waals surface area contributed by atoms with Gasteiger partial charge in [-0.05, 0) is 15.9 Å². The molecule has 0 heterocycles. The van der Waals surface area contributed by atoms with E-state index in [9.17, 15) is 4.79 Å². The molecule has 0 N–H and O–H groups in total. The van der Waals surface area contributed by atoms with Gasteiger partial charge < -0.3 is 4.74 Å². The third-order valence-electron chi connectivity index (χ3n) is 0.258. The summed E-state index contributed by atoms with van der Waals surface area (Å²) in [4.78, 5) is 9.84. The molecule has 36 valence electrons. The molecule has 3 heteroatoms. The number of rotatable bonds is 2. The summed E-state index contributed by atoms with van der Waals surface area (Å²) < 4.78 is 4.29. The van der Waals surface area contributed by atoms with E-state index in [2.05, 4.69) is 20.7 Å². The lowest BCUT2D eigenvalue weighted by atomic mass is 10.8. The number of ether oxygens (including phenoxy) is 1. The van der Waals surface area contributed by atoms with Crippen molar-refractivity contribution in [3.63, 3.8) is 0 Å². The predicted molar refractivity (Wildman–Crippen MR) is 25.8 cm³/mol. The highest BCUT2D eigenvalue weighted by atomic mass is 79.9. The van der Waals surface area contributed by atoms with E-state index in [1.807, 2.05) is 0 Å². The van der Waals surface area contributed by atoms with Gasteiger partial charge in [-0.3, -0.25) is 4.79 Å². The molecule has 0 aromatic carbocycles. The summed E-state index contributed by atoms with van der Waals surface area (Å²) in [7, 11) is 1.47. The number of halogens is 1. The maximum absolute atomic E-state index is 9.84.